The summed E-state index contributed by atoms with van der Waals surface area (Å²) in [4.78, 5) is 30.4. The average molecular weight is 555 g/mol. The van der Waals surface area contributed by atoms with Gasteiger partial charge in [0, 0.05) is 6.20 Å². The van der Waals surface area contributed by atoms with Gasteiger partial charge in [0.1, 0.15) is 23.1 Å². The highest BCUT2D eigenvalue weighted by molar-refractivity contribution is 7.15. The van der Waals surface area contributed by atoms with Crippen LogP contribution < -0.4 is 10.2 Å². The first-order valence-electron chi connectivity index (χ1n) is 11.6. The Morgan fingerprint density at radius 3 is 2.61 bits per heavy atom. The molecule has 4 heterocycles. The Balaban J connectivity index is 1.59. The number of anilines is 2. The normalized spacial score (nSPS) is 17.9. The van der Waals surface area contributed by atoms with E-state index in [2.05, 4.69) is 25.3 Å². The number of hydrogen-bond donors (Lipinski definition) is 2. The van der Waals surface area contributed by atoms with Gasteiger partial charge in [-0.15, -0.1) is 11.3 Å². The number of thiazole rings is 1. The van der Waals surface area contributed by atoms with Crippen molar-refractivity contribution in [2.75, 3.05) is 16.8 Å². The zero-order valence-electron chi connectivity index (χ0n) is 21.2. The molecule has 1 amide bonds. The molecule has 3 atom stereocenters. The summed E-state index contributed by atoms with van der Waals surface area (Å²) in [5.74, 6) is -1.20. The maximum absolute atomic E-state index is 14.6. The molecule has 2 N–H and O–H groups in total. The molecule has 0 saturated carbocycles. The first-order chi connectivity index (χ1) is 17.7. The molecule has 0 aromatic carbocycles. The number of rotatable bonds is 7. The molecule has 3 aromatic heterocycles. The van der Waals surface area contributed by atoms with Gasteiger partial charge < -0.3 is 15.2 Å². The Labute approximate surface area is 219 Å². The van der Waals surface area contributed by atoms with Crippen LogP contribution in [0.5, 0.6) is 0 Å². The minimum absolute atomic E-state index is 0.00506. The number of halogens is 4. The van der Waals surface area contributed by atoms with Gasteiger partial charge in [-0.2, -0.15) is 18.2 Å². The lowest BCUT2D eigenvalue weighted by atomic mass is 9.87. The molecule has 1 saturated heterocycles. The monoisotopic (exact) mass is 554 g/mol. The number of cyclic esters (lactones) is 1. The van der Waals surface area contributed by atoms with Crippen molar-refractivity contribution < 1.29 is 32.2 Å². The molecule has 1 aliphatic rings. The van der Waals surface area contributed by atoms with Crippen LogP contribution in [0.4, 0.5) is 34.1 Å². The van der Waals surface area contributed by atoms with E-state index in [0.29, 0.717) is 21.1 Å². The van der Waals surface area contributed by atoms with Gasteiger partial charge in [0.2, 0.25) is 5.95 Å². The number of aliphatic hydroxyl groups is 1. The summed E-state index contributed by atoms with van der Waals surface area (Å²) in [5.41, 5.74) is -1.07. The zero-order chi connectivity index (χ0) is 28.0. The predicted octanol–water partition coefficient (Wildman–Crippen LogP) is 5.16. The van der Waals surface area contributed by atoms with Crippen molar-refractivity contribution in [1.82, 2.24) is 19.9 Å². The summed E-state index contributed by atoms with van der Waals surface area (Å²) in [6, 6.07) is 1.76. The average Bonchev–Trinajstić information content (AvgIpc) is 3.42. The summed E-state index contributed by atoms with van der Waals surface area (Å²) in [5, 5.41) is 13.6. The van der Waals surface area contributed by atoms with E-state index in [1.807, 2.05) is 0 Å². The first kappa shape index (κ1) is 27.6. The maximum Gasteiger partial charge on any atom is 0.416 e. The van der Waals surface area contributed by atoms with Crippen LogP contribution in [0.3, 0.4) is 0 Å². The molecule has 0 unspecified atom stereocenters. The number of ether oxygens (including phenoxy) is 1. The number of aliphatic hydroxyl groups excluding tert-OH is 1. The largest absolute Gasteiger partial charge is 0.447 e. The van der Waals surface area contributed by atoms with Crippen LogP contribution in [0.15, 0.2) is 24.5 Å². The maximum atomic E-state index is 14.6. The van der Waals surface area contributed by atoms with Gasteiger partial charge >= 0.3 is 12.3 Å². The van der Waals surface area contributed by atoms with Gasteiger partial charge in [-0.05, 0) is 52.3 Å². The van der Waals surface area contributed by atoms with Crippen molar-refractivity contribution in [1.29, 1.82) is 0 Å². The van der Waals surface area contributed by atoms with Crippen LogP contribution in [-0.4, -0.2) is 56.1 Å². The summed E-state index contributed by atoms with van der Waals surface area (Å²) < 4.78 is 60.2. The third-order valence-corrected chi connectivity index (χ3v) is 7.71. The van der Waals surface area contributed by atoms with Gasteiger partial charge in [0.05, 0.1) is 34.6 Å². The highest BCUT2D eigenvalue weighted by Crippen LogP contribution is 2.41. The number of carbonyl (C=O) groups excluding carboxylic acids is 1. The minimum Gasteiger partial charge on any atom is -0.447 e. The van der Waals surface area contributed by atoms with Crippen LogP contribution >= 0.6 is 11.3 Å². The van der Waals surface area contributed by atoms with Gasteiger partial charge in [0.15, 0.2) is 11.6 Å². The molecular weight excluding hydrogens is 528 g/mol. The second kappa shape index (κ2) is 10.1. The van der Waals surface area contributed by atoms with Crippen molar-refractivity contribution in [2.45, 2.75) is 64.4 Å². The molecule has 3 aromatic rings. The highest BCUT2D eigenvalue weighted by atomic mass is 32.1. The number of nitrogens with one attached hydrogen (secondary N) is 1. The summed E-state index contributed by atoms with van der Waals surface area (Å²) >= 11 is 1.27. The number of alkyl halides is 3. The first-order valence-corrected chi connectivity index (χ1v) is 12.5. The Morgan fingerprint density at radius 1 is 1.24 bits per heavy atom. The van der Waals surface area contributed by atoms with Crippen LogP contribution in [0.1, 0.15) is 50.1 Å². The molecule has 0 spiro atoms. The van der Waals surface area contributed by atoms with Crippen LogP contribution in [-0.2, 0) is 10.2 Å². The molecular formula is C24H26F4N6O3S. The van der Waals surface area contributed by atoms with Crippen molar-refractivity contribution in [3.63, 3.8) is 0 Å². The van der Waals surface area contributed by atoms with Crippen LogP contribution in [0.2, 0.25) is 0 Å². The molecule has 0 radical (unpaired) electrons. The molecule has 4 rings (SSSR count). The Hall–Kier alpha value is -3.39. The Kier molecular flexibility index (Phi) is 7.32. The van der Waals surface area contributed by atoms with Crippen LogP contribution in [0, 0.1) is 12.7 Å². The number of aromatic nitrogens is 4. The second-order valence-electron chi connectivity index (χ2n) is 9.51. The fraction of sp³-hybridized carbons (Fsp3) is 0.458. The molecule has 38 heavy (non-hydrogen) atoms. The van der Waals surface area contributed by atoms with E-state index in [9.17, 15) is 27.5 Å². The lowest BCUT2D eigenvalue weighted by Crippen LogP contribution is -2.42. The van der Waals surface area contributed by atoms with Crippen molar-refractivity contribution in [3.8, 4) is 10.4 Å². The fourth-order valence-electron chi connectivity index (χ4n) is 3.82. The zero-order valence-corrected chi connectivity index (χ0v) is 22.0. The van der Waals surface area contributed by atoms with Gasteiger partial charge in [0.25, 0.3) is 0 Å². The van der Waals surface area contributed by atoms with E-state index >= 15 is 0 Å². The van der Waals surface area contributed by atoms with E-state index in [4.69, 9.17) is 4.74 Å². The number of aryl methyl sites for hydroxylation is 1. The smallest absolute Gasteiger partial charge is 0.416 e. The predicted molar refractivity (Wildman–Crippen MR) is 132 cm³/mol. The SMILES string of the molecule is Cc1nc([C@H](C)Nc2ncc(F)c(N3C(=O)OC[C@@H]3[C@@H](C)O)n2)sc1-c1ccnc(C(C)(C)C(F)(F)F)c1. The molecule has 1 aliphatic heterocycles. The lowest BCUT2D eigenvalue weighted by Gasteiger charge is -2.27. The number of pyridine rings is 1. The van der Waals surface area contributed by atoms with Gasteiger partial charge in [-0.1, -0.05) is 0 Å². The number of carbonyl (C=O) groups is 1. The topological polar surface area (TPSA) is 113 Å². The minimum atomic E-state index is -4.47. The van der Waals surface area contributed by atoms with E-state index < -0.39 is 41.7 Å². The molecule has 0 aliphatic carbocycles. The van der Waals surface area contributed by atoms with Crippen molar-refractivity contribution >= 4 is 29.2 Å². The summed E-state index contributed by atoms with van der Waals surface area (Å²) in [6.45, 7) is 7.02. The van der Waals surface area contributed by atoms with E-state index in [1.54, 1.807) is 19.9 Å². The number of amides is 1. The second-order valence-corrected chi connectivity index (χ2v) is 10.5. The summed E-state index contributed by atoms with van der Waals surface area (Å²) in [7, 11) is 0. The Morgan fingerprint density at radius 2 is 1.95 bits per heavy atom. The number of hydrogen-bond acceptors (Lipinski definition) is 9. The molecule has 9 nitrogen and oxygen atoms in total. The van der Waals surface area contributed by atoms with E-state index in [0.717, 1.165) is 24.9 Å². The summed E-state index contributed by atoms with van der Waals surface area (Å²) in [6.07, 6.45) is -4.05. The van der Waals surface area contributed by atoms with E-state index in [1.165, 1.54) is 30.5 Å². The van der Waals surface area contributed by atoms with Gasteiger partial charge in [-0.25, -0.2) is 24.1 Å². The highest BCUT2D eigenvalue weighted by Gasteiger charge is 2.49. The van der Waals surface area contributed by atoms with E-state index in [-0.39, 0.29) is 24.1 Å². The molecule has 14 heteroatoms. The quantitative estimate of drug-likeness (QED) is 0.385. The molecule has 0 bridgehead atoms. The Bertz CT molecular complexity index is 1350. The standard InChI is InChI=1S/C24H26F4N6O3S/c1-11-18(14-6-7-29-17(8-14)23(4,5)24(26,27)28)38-20(31-11)12(2)32-21-30-9-15(25)19(33-21)34-16(13(3)35)10-37-22(34)36/h6-9,12-13,16,35H,10H2,1-5H3,(H,30,32,33)/t12-,13+,16+/m0/s1. The fourth-order valence-corrected chi connectivity index (χ4v) is 4.88. The third-order valence-electron chi connectivity index (χ3n) is 6.32. The van der Waals surface area contributed by atoms with Gasteiger partial charge in [-0.3, -0.25) is 4.98 Å². The third kappa shape index (κ3) is 5.14. The van der Waals surface area contributed by atoms with Crippen molar-refractivity contribution in [3.05, 3.63) is 46.7 Å². The lowest BCUT2D eigenvalue weighted by molar-refractivity contribution is -0.181. The molecule has 204 valence electrons. The number of nitrogens with zero attached hydrogens (tertiary/aromatic N) is 5. The van der Waals surface area contributed by atoms with Crippen LogP contribution in [0.25, 0.3) is 10.4 Å². The molecule has 1 fully saturated rings. The van der Waals surface area contributed by atoms with Crippen molar-refractivity contribution in [2.24, 2.45) is 0 Å².